The van der Waals surface area contributed by atoms with Crippen LogP contribution in [0.15, 0.2) is 78.4 Å². The minimum Gasteiger partial charge on any atom is -0.480 e. The number of carbonyl (C=O) groups excluding carboxylic acids is 1. The molecule has 0 saturated heterocycles. The van der Waals surface area contributed by atoms with Crippen molar-refractivity contribution in [2.75, 3.05) is 0 Å². The lowest BCUT2D eigenvalue weighted by atomic mass is 9.89. The normalized spacial score (nSPS) is 17.7. The van der Waals surface area contributed by atoms with Gasteiger partial charge in [-0.1, -0.05) is 71.8 Å². The Kier molecular flexibility index (Phi) is 4.18. The standard InChI is InChI=1S/C24H20O2/c1-16-7-11-18(12-8-16)15-21-23(25)20-5-3-4-6-22(20)26-24(21)19-13-9-17(2)10-14-19/h3-15,24H,1-2H3. The molecule has 1 unspecified atom stereocenters. The van der Waals surface area contributed by atoms with Crippen LogP contribution in [0.1, 0.15) is 38.7 Å². The van der Waals surface area contributed by atoms with Crippen molar-refractivity contribution in [3.05, 3.63) is 106 Å². The molecule has 0 saturated carbocycles. The molecule has 2 heteroatoms. The number of aryl methyl sites for hydroxylation is 2. The van der Waals surface area contributed by atoms with Gasteiger partial charge >= 0.3 is 0 Å². The first-order valence-electron chi connectivity index (χ1n) is 8.77. The van der Waals surface area contributed by atoms with Gasteiger partial charge in [0.05, 0.1) is 5.56 Å². The van der Waals surface area contributed by atoms with Crippen LogP contribution in [0.5, 0.6) is 5.75 Å². The first kappa shape index (κ1) is 16.3. The van der Waals surface area contributed by atoms with E-state index in [1.165, 1.54) is 11.1 Å². The highest BCUT2D eigenvalue weighted by atomic mass is 16.5. The largest absolute Gasteiger partial charge is 0.480 e. The van der Waals surface area contributed by atoms with Gasteiger partial charge in [0, 0.05) is 5.57 Å². The molecule has 0 spiro atoms. The molecule has 1 atom stereocenters. The molecule has 0 bridgehead atoms. The molecular weight excluding hydrogens is 320 g/mol. The Morgan fingerprint density at radius 3 is 2.12 bits per heavy atom. The Hall–Kier alpha value is -3.13. The number of para-hydroxylation sites is 1. The predicted octanol–water partition coefficient (Wildman–Crippen LogP) is 5.70. The number of hydrogen-bond acceptors (Lipinski definition) is 2. The van der Waals surface area contributed by atoms with Gasteiger partial charge in [-0.25, -0.2) is 0 Å². The molecular formula is C24H20O2. The van der Waals surface area contributed by atoms with Gasteiger partial charge in [0.1, 0.15) is 5.75 Å². The number of carbonyl (C=O) groups is 1. The third-order valence-corrected chi connectivity index (χ3v) is 4.70. The van der Waals surface area contributed by atoms with E-state index >= 15 is 0 Å². The Bertz CT molecular complexity index is 979. The molecule has 0 fully saturated rings. The second kappa shape index (κ2) is 6.64. The monoisotopic (exact) mass is 340 g/mol. The third kappa shape index (κ3) is 3.06. The number of ketones is 1. The minimum atomic E-state index is -0.403. The highest BCUT2D eigenvalue weighted by molar-refractivity contribution is 6.14. The molecule has 128 valence electrons. The number of fused-ring (bicyclic) bond motifs is 1. The second-order valence-corrected chi connectivity index (χ2v) is 6.74. The lowest BCUT2D eigenvalue weighted by molar-refractivity contribution is 0.0963. The first-order valence-corrected chi connectivity index (χ1v) is 8.77. The molecule has 4 rings (SSSR count). The SMILES string of the molecule is Cc1ccc(C=C2C(=O)c3ccccc3OC2c2ccc(C)cc2)cc1. The molecule has 0 aromatic heterocycles. The Balaban J connectivity index is 1.84. The van der Waals surface area contributed by atoms with Gasteiger partial charge in [-0.3, -0.25) is 4.79 Å². The molecule has 0 amide bonds. The maximum atomic E-state index is 13.2. The maximum absolute atomic E-state index is 13.2. The van der Waals surface area contributed by atoms with E-state index in [0.29, 0.717) is 16.9 Å². The van der Waals surface area contributed by atoms with Gasteiger partial charge in [-0.2, -0.15) is 0 Å². The van der Waals surface area contributed by atoms with Crippen molar-refractivity contribution >= 4 is 11.9 Å². The topological polar surface area (TPSA) is 26.3 Å². The lowest BCUT2D eigenvalue weighted by Crippen LogP contribution is -2.23. The number of rotatable bonds is 2. The summed E-state index contributed by atoms with van der Waals surface area (Å²) in [7, 11) is 0. The first-order chi connectivity index (χ1) is 12.6. The Labute approximate surface area is 153 Å². The van der Waals surface area contributed by atoms with Gasteiger partial charge in [0.25, 0.3) is 0 Å². The summed E-state index contributed by atoms with van der Waals surface area (Å²) < 4.78 is 6.25. The van der Waals surface area contributed by atoms with Crippen LogP contribution in [0.3, 0.4) is 0 Å². The van der Waals surface area contributed by atoms with Gasteiger partial charge in [0.15, 0.2) is 11.9 Å². The van der Waals surface area contributed by atoms with Crippen LogP contribution in [0.2, 0.25) is 0 Å². The fraction of sp³-hybridized carbons (Fsp3) is 0.125. The minimum absolute atomic E-state index is 0.0259. The molecule has 3 aromatic carbocycles. The van der Waals surface area contributed by atoms with Crippen LogP contribution >= 0.6 is 0 Å². The molecule has 3 aromatic rings. The zero-order valence-corrected chi connectivity index (χ0v) is 14.9. The summed E-state index contributed by atoms with van der Waals surface area (Å²) in [5.74, 6) is 0.669. The highest BCUT2D eigenvalue weighted by Gasteiger charge is 2.32. The molecule has 26 heavy (non-hydrogen) atoms. The molecule has 1 heterocycles. The van der Waals surface area contributed by atoms with Gasteiger partial charge < -0.3 is 4.74 Å². The average Bonchev–Trinajstić information content (AvgIpc) is 2.66. The van der Waals surface area contributed by atoms with E-state index < -0.39 is 6.10 Å². The fourth-order valence-electron chi connectivity index (χ4n) is 3.19. The number of Topliss-reactive ketones (excluding diaryl/α,β-unsaturated/α-hetero) is 1. The van der Waals surface area contributed by atoms with Crippen molar-refractivity contribution in [3.8, 4) is 5.75 Å². The summed E-state index contributed by atoms with van der Waals surface area (Å²) in [6.45, 7) is 4.10. The van der Waals surface area contributed by atoms with Gasteiger partial charge in [0.2, 0.25) is 0 Å². The summed E-state index contributed by atoms with van der Waals surface area (Å²) in [6, 6.07) is 23.8. The zero-order chi connectivity index (χ0) is 18.1. The van der Waals surface area contributed by atoms with E-state index in [0.717, 1.165) is 11.1 Å². The van der Waals surface area contributed by atoms with Crippen molar-refractivity contribution < 1.29 is 9.53 Å². The average molecular weight is 340 g/mol. The summed E-state index contributed by atoms with van der Waals surface area (Å²) in [6.07, 6.45) is 1.54. The van der Waals surface area contributed by atoms with Crippen LogP contribution in [-0.2, 0) is 0 Å². The van der Waals surface area contributed by atoms with Gasteiger partial charge in [-0.15, -0.1) is 0 Å². The van der Waals surface area contributed by atoms with E-state index in [4.69, 9.17) is 4.74 Å². The smallest absolute Gasteiger partial charge is 0.196 e. The Morgan fingerprint density at radius 1 is 0.808 bits per heavy atom. The van der Waals surface area contributed by atoms with E-state index in [9.17, 15) is 4.79 Å². The molecule has 2 nitrogen and oxygen atoms in total. The highest BCUT2D eigenvalue weighted by Crippen LogP contribution is 2.39. The van der Waals surface area contributed by atoms with Crippen molar-refractivity contribution in [1.29, 1.82) is 0 Å². The van der Waals surface area contributed by atoms with Crippen LogP contribution in [0, 0.1) is 13.8 Å². The van der Waals surface area contributed by atoms with E-state index in [1.54, 1.807) is 0 Å². The zero-order valence-electron chi connectivity index (χ0n) is 14.9. The summed E-state index contributed by atoms with van der Waals surface area (Å²) in [5, 5.41) is 0. The molecule has 1 aliphatic rings. The van der Waals surface area contributed by atoms with E-state index in [2.05, 4.69) is 26.0 Å². The number of benzene rings is 3. The van der Waals surface area contributed by atoms with Crippen LogP contribution < -0.4 is 4.74 Å². The van der Waals surface area contributed by atoms with Gasteiger partial charge in [-0.05, 0) is 43.2 Å². The Morgan fingerprint density at radius 2 is 1.42 bits per heavy atom. The van der Waals surface area contributed by atoms with E-state index in [-0.39, 0.29) is 5.78 Å². The number of ether oxygens (including phenoxy) is 1. The molecule has 0 aliphatic carbocycles. The lowest BCUT2D eigenvalue weighted by Gasteiger charge is -2.28. The molecule has 1 aliphatic heterocycles. The summed E-state index contributed by atoms with van der Waals surface area (Å²) >= 11 is 0. The van der Waals surface area contributed by atoms with Crippen molar-refractivity contribution in [1.82, 2.24) is 0 Å². The fourth-order valence-corrected chi connectivity index (χ4v) is 3.19. The maximum Gasteiger partial charge on any atom is 0.196 e. The predicted molar refractivity (Wildman–Crippen MR) is 104 cm³/mol. The van der Waals surface area contributed by atoms with Crippen LogP contribution in [0.25, 0.3) is 6.08 Å². The van der Waals surface area contributed by atoms with E-state index in [1.807, 2.05) is 66.7 Å². The molecule has 0 radical (unpaired) electrons. The summed E-state index contributed by atoms with van der Waals surface area (Å²) in [5.41, 5.74) is 5.64. The quantitative estimate of drug-likeness (QED) is 0.559. The third-order valence-electron chi connectivity index (χ3n) is 4.70. The van der Waals surface area contributed by atoms with Crippen molar-refractivity contribution in [3.63, 3.8) is 0 Å². The second-order valence-electron chi connectivity index (χ2n) is 6.74. The van der Waals surface area contributed by atoms with Crippen LogP contribution in [0.4, 0.5) is 0 Å². The molecule has 0 N–H and O–H groups in total. The van der Waals surface area contributed by atoms with Crippen LogP contribution in [-0.4, -0.2) is 5.78 Å². The van der Waals surface area contributed by atoms with Crippen molar-refractivity contribution in [2.24, 2.45) is 0 Å². The van der Waals surface area contributed by atoms with Crippen molar-refractivity contribution in [2.45, 2.75) is 20.0 Å². The summed E-state index contributed by atoms with van der Waals surface area (Å²) in [4.78, 5) is 13.2. The number of hydrogen-bond donors (Lipinski definition) is 0.